The van der Waals surface area contributed by atoms with Crippen molar-refractivity contribution in [2.45, 2.75) is 40.2 Å². The van der Waals surface area contributed by atoms with Crippen molar-refractivity contribution in [2.75, 3.05) is 18.8 Å². The van der Waals surface area contributed by atoms with Crippen LogP contribution in [0.5, 0.6) is 0 Å². The Hall–Kier alpha value is -1.53. The van der Waals surface area contributed by atoms with E-state index in [1.54, 1.807) is 0 Å². The maximum absolute atomic E-state index is 9.00. The van der Waals surface area contributed by atoms with Gasteiger partial charge in [0.1, 0.15) is 0 Å². The van der Waals surface area contributed by atoms with Crippen LogP contribution in [-0.4, -0.2) is 18.0 Å². The maximum Gasteiger partial charge on any atom is 0.0683 e. The molecule has 3 nitrogen and oxygen atoms in total. The van der Waals surface area contributed by atoms with Crippen molar-refractivity contribution < 1.29 is 0 Å². The molecule has 104 valence electrons. The minimum atomic E-state index is -0.208. The molecule has 19 heavy (non-hydrogen) atoms. The van der Waals surface area contributed by atoms with Crippen molar-refractivity contribution in [2.24, 2.45) is 5.41 Å². The lowest BCUT2D eigenvalue weighted by Crippen LogP contribution is -2.25. The second-order valence-electron chi connectivity index (χ2n) is 5.71. The van der Waals surface area contributed by atoms with Gasteiger partial charge >= 0.3 is 0 Å². The number of rotatable bonds is 7. The molecule has 2 N–H and O–H groups in total. The van der Waals surface area contributed by atoms with Gasteiger partial charge in [0, 0.05) is 12.2 Å². The zero-order chi connectivity index (χ0) is 14.3. The van der Waals surface area contributed by atoms with E-state index in [9.17, 15) is 0 Å². The molecule has 0 fully saturated rings. The van der Waals surface area contributed by atoms with Gasteiger partial charge in [0.2, 0.25) is 0 Å². The summed E-state index contributed by atoms with van der Waals surface area (Å²) in [6.07, 6.45) is 2.01. The molecule has 1 aromatic carbocycles. The Morgan fingerprint density at radius 3 is 2.42 bits per heavy atom. The van der Waals surface area contributed by atoms with E-state index in [4.69, 9.17) is 11.0 Å². The average molecular weight is 259 g/mol. The van der Waals surface area contributed by atoms with E-state index in [-0.39, 0.29) is 5.41 Å². The average Bonchev–Trinajstić information content (AvgIpc) is 2.40. The molecular weight excluding hydrogens is 234 g/mol. The molecule has 1 aromatic rings. The Morgan fingerprint density at radius 1 is 1.26 bits per heavy atom. The Morgan fingerprint density at radius 2 is 1.89 bits per heavy atom. The fourth-order valence-electron chi connectivity index (χ4n) is 2.03. The highest BCUT2D eigenvalue weighted by Crippen LogP contribution is 2.21. The highest BCUT2D eigenvalue weighted by Gasteiger charge is 2.16. The van der Waals surface area contributed by atoms with Crippen LogP contribution in [0.4, 0.5) is 5.69 Å². The quantitative estimate of drug-likeness (QED) is 0.763. The summed E-state index contributed by atoms with van der Waals surface area (Å²) in [5.41, 5.74) is 7.58. The van der Waals surface area contributed by atoms with Gasteiger partial charge in [-0.15, -0.1) is 0 Å². The predicted molar refractivity (Wildman–Crippen MR) is 80.4 cm³/mol. The third kappa shape index (κ3) is 5.76. The monoisotopic (exact) mass is 259 g/mol. The number of hydrogen-bond donors (Lipinski definition) is 1. The first-order chi connectivity index (χ1) is 8.96. The van der Waals surface area contributed by atoms with Crippen molar-refractivity contribution in [3.05, 3.63) is 29.8 Å². The van der Waals surface area contributed by atoms with Gasteiger partial charge < -0.3 is 5.73 Å². The molecule has 0 aliphatic heterocycles. The van der Waals surface area contributed by atoms with Crippen LogP contribution in [0, 0.1) is 16.7 Å². The Bertz CT molecular complexity index is 415. The smallest absolute Gasteiger partial charge is 0.0683 e. The van der Waals surface area contributed by atoms with Crippen molar-refractivity contribution in [3.63, 3.8) is 0 Å². The van der Waals surface area contributed by atoms with Crippen LogP contribution < -0.4 is 5.73 Å². The van der Waals surface area contributed by atoms with Crippen LogP contribution in [0.1, 0.15) is 39.2 Å². The number of benzene rings is 1. The lowest BCUT2D eigenvalue weighted by molar-refractivity contribution is 0.260. The van der Waals surface area contributed by atoms with Crippen LogP contribution in [0.2, 0.25) is 0 Å². The summed E-state index contributed by atoms with van der Waals surface area (Å²) >= 11 is 0. The standard InChI is InChI=1S/C16H25N3/c1-4-19(11-5-10-16(2,3)13-17)12-14-6-8-15(18)9-7-14/h6-9H,4-5,10-12,18H2,1-3H3. The predicted octanol–water partition coefficient (Wildman–Crippen LogP) is 3.42. The first-order valence-corrected chi connectivity index (χ1v) is 6.95. The fourth-order valence-corrected chi connectivity index (χ4v) is 2.03. The molecule has 0 aliphatic carbocycles. The van der Waals surface area contributed by atoms with E-state index >= 15 is 0 Å². The molecule has 0 bridgehead atoms. The molecule has 0 saturated carbocycles. The summed E-state index contributed by atoms with van der Waals surface area (Å²) in [4.78, 5) is 2.40. The van der Waals surface area contributed by atoms with Crippen molar-refractivity contribution in [3.8, 4) is 6.07 Å². The van der Waals surface area contributed by atoms with E-state index in [2.05, 4.69) is 30.0 Å². The molecule has 3 heteroatoms. The first-order valence-electron chi connectivity index (χ1n) is 6.95. The van der Waals surface area contributed by atoms with Crippen molar-refractivity contribution in [1.29, 1.82) is 5.26 Å². The summed E-state index contributed by atoms with van der Waals surface area (Å²) in [6, 6.07) is 10.4. The summed E-state index contributed by atoms with van der Waals surface area (Å²) in [7, 11) is 0. The van der Waals surface area contributed by atoms with Gasteiger partial charge in [-0.05, 0) is 57.5 Å². The minimum absolute atomic E-state index is 0.208. The third-order valence-corrected chi connectivity index (χ3v) is 3.41. The lowest BCUT2D eigenvalue weighted by atomic mass is 9.90. The molecule has 0 saturated heterocycles. The second kappa shape index (κ2) is 7.16. The van der Waals surface area contributed by atoms with Gasteiger partial charge in [0.15, 0.2) is 0 Å². The van der Waals surface area contributed by atoms with E-state index in [1.165, 1.54) is 5.56 Å². The van der Waals surface area contributed by atoms with Crippen molar-refractivity contribution >= 4 is 5.69 Å². The van der Waals surface area contributed by atoms with E-state index in [0.29, 0.717) is 0 Å². The van der Waals surface area contributed by atoms with Crippen LogP contribution in [0.15, 0.2) is 24.3 Å². The molecule has 0 aromatic heterocycles. The van der Waals surface area contributed by atoms with E-state index in [1.807, 2.05) is 26.0 Å². The molecule has 0 amide bonds. The molecule has 1 rings (SSSR count). The molecule has 0 unspecified atom stereocenters. The zero-order valence-corrected chi connectivity index (χ0v) is 12.3. The van der Waals surface area contributed by atoms with Gasteiger partial charge in [-0.3, -0.25) is 4.90 Å². The highest BCUT2D eigenvalue weighted by atomic mass is 15.1. The molecule has 0 spiro atoms. The topological polar surface area (TPSA) is 53.0 Å². The van der Waals surface area contributed by atoms with Crippen molar-refractivity contribution in [1.82, 2.24) is 4.90 Å². The number of anilines is 1. The summed E-state index contributed by atoms with van der Waals surface area (Å²) in [5, 5.41) is 9.00. The largest absolute Gasteiger partial charge is 0.399 e. The summed E-state index contributed by atoms with van der Waals surface area (Å²) < 4.78 is 0. The van der Waals surface area contributed by atoms with Crippen LogP contribution in [0.3, 0.4) is 0 Å². The Labute approximate surface area is 117 Å². The zero-order valence-electron chi connectivity index (χ0n) is 12.3. The van der Waals surface area contributed by atoms with Crippen LogP contribution >= 0.6 is 0 Å². The summed E-state index contributed by atoms with van der Waals surface area (Å²) in [6.45, 7) is 9.19. The van der Waals surface area contributed by atoms with Crippen LogP contribution in [-0.2, 0) is 6.54 Å². The molecular formula is C16H25N3. The van der Waals surface area contributed by atoms with E-state index < -0.39 is 0 Å². The molecule has 0 aliphatic rings. The summed E-state index contributed by atoms with van der Waals surface area (Å²) in [5.74, 6) is 0. The molecule has 0 heterocycles. The minimum Gasteiger partial charge on any atom is -0.399 e. The maximum atomic E-state index is 9.00. The number of nitriles is 1. The number of nitrogens with zero attached hydrogens (tertiary/aromatic N) is 2. The normalized spacial score (nSPS) is 11.5. The van der Waals surface area contributed by atoms with Crippen LogP contribution in [0.25, 0.3) is 0 Å². The van der Waals surface area contributed by atoms with Gasteiger partial charge in [-0.2, -0.15) is 5.26 Å². The molecule has 0 atom stereocenters. The Kier molecular flexibility index (Phi) is 5.85. The first kappa shape index (κ1) is 15.5. The number of nitrogen functional groups attached to an aromatic ring is 1. The SMILES string of the molecule is CCN(CCCC(C)(C)C#N)Cc1ccc(N)cc1. The van der Waals surface area contributed by atoms with Gasteiger partial charge in [0.25, 0.3) is 0 Å². The highest BCUT2D eigenvalue weighted by molar-refractivity contribution is 5.39. The number of hydrogen-bond acceptors (Lipinski definition) is 3. The van der Waals surface area contributed by atoms with Gasteiger partial charge in [0.05, 0.1) is 11.5 Å². The molecule has 0 radical (unpaired) electrons. The van der Waals surface area contributed by atoms with Gasteiger partial charge in [-0.25, -0.2) is 0 Å². The van der Waals surface area contributed by atoms with Gasteiger partial charge in [-0.1, -0.05) is 19.1 Å². The lowest BCUT2D eigenvalue weighted by Gasteiger charge is -2.22. The number of nitrogens with two attached hydrogens (primary N) is 1. The third-order valence-electron chi connectivity index (χ3n) is 3.41. The fraction of sp³-hybridized carbons (Fsp3) is 0.562. The second-order valence-corrected chi connectivity index (χ2v) is 5.71. The van der Waals surface area contributed by atoms with E-state index in [0.717, 1.165) is 38.2 Å². The Balaban J connectivity index is 2.42.